The van der Waals surface area contributed by atoms with E-state index in [1.807, 2.05) is 51.1 Å². The Bertz CT molecular complexity index is 1580. The second-order valence-electron chi connectivity index (χ2n) is 10.8. The molecule has 0 saturated carbocycles. The molecule has 43 heavy (non-hydrogen) atoms. The Hall–Kier alpha value is -4.06. The number of nitrogens with one attached hydrogen (secondary N) is 1. The van der Waals surface area contributed by atoms with E-state index in [0.717, 1.165) is 11.6 Å². The minimum Gasteiger partial charge on any atom is -0.510 e. The van der Waals surface area contributed by atoms with Crippen molar-refractivity contribution in [3.63, 3.8) is 0 Å². The number of nitrogens with zero attached hydrogens (tertiary/aromatic N) is 2. The van der Waals surface area contributed by atoms with E-state index in [2.05, 4.69) is 9.71 Å². The maximum absolute atomic E-state index is 13.5. The number of ether oxygens (including phenoxy) is 1. The summed E-state index contributed by atoms with van der Waals surface area (Å²) in [5, 5.41) is 10.7. The zero-order chi connectivity index (χ0) is 31.4. The van der Waals surface area contributed by atoms with Gasteiger partial charge in [-0.3, -0.25) is 4.72 Å². The molecule has 0 fully saturated rings. The molecule has 4 rings (SSSR count). The molecule has 0 spiro atoms. The fraction of sp³-hybridized carbons (Fsp3) is 0.355. The Morgan fingerprint density at radius 3 is 2.40 bits per heavy atom. The molecule has 0 radical (unpaired) electrons. The highest BCUT2D eigenvalue weighted by molar-refractivity contribution is 7.92. The molecule has 3 aromatic rings. The summed E-state index contributed by atoms with van der Waals surface area (Å²) in [6.07, 6.45) is -2.33. The monoisotopic (exact) mass is 617 g/mol. The van der Waals surface area contributed by atoms with Gasteiger partial charge in [-0.05, 0) is 61.1 Å². The van der Waals surface area contributed by atoms with Crippen molar-refractivity contribution in [3.05, 3.63) is 95.5 Å². The molecule has 12 heteroatoms. The van der Waals surface area contributed by atoms with Crippen LogP contribution in [0.2, 0.25) is 0 Å². The van der Waals surface area contributed by atoms with Crippen molar-refractivity contribution in [1.29, 1.82) is 0 Å². The molecule has 1 aliphatic rings. The zero-order valence-corrected chi connectivity index (χ0v) is 24.9. The number of aliphatic hydroxyl groups is 1. The van der Waals surface area contributed by atoms with E-state index in [9.17, 15) is 31.5 Å². The lowest BCUT2D eigenvalue weighted by atomic mass is 9.79. The fourth-order valence-corrected chi connectivity index (χ4v) is 6.00. The number of aromatic nitrogens is 1. The Morgan fingerprint density at radius 1 is 1.09 bits per heavy atom. The van der Waals surface area contributed by atoms with Crippen molar-refractivity contribution < 1.29 is 36.2 Å². The minimum atomic E-state index is -4.66. The SMILES string of the molecule is CCCN(C1=C(O)C[C@@](CCc2ccccc2)(C(C)C)OC1=O)c1cccc(NS(=O)(=O)c2ccc(C(F)(F)F)cn2)c1. The number of hydrogen-bond acceptors (Lipinski definition) is 7. The average Bonchev–Trinajstić information content (AvgIpc) is 2.95. The quantitative estimate of drug-likeness (QED) is 0.226. The third kappa shape index (κ3) is 7.30. The molecule has 2 heterocycles. The molecule has 0 unspecified atom stereocenters. The standard InChI is InChI=1S/C31H34F3N3O5S/c1-4-17-37(28-26(38)19-30(21(2)3,42-29(28)39)16-15-22-9-6-5-7-10-22)25-12-8-11-24(18-25)36-43(40,41)27-14-13-23(20-35-27)31(32,33)34/h5-14,18,20-21,36,38H,4,15-17,19H2,1-3H3/t30-/m0/s1. The Labute approximate surface area is 249 Å². The number of aryl methyl sites for hydroxylation is 1. The molecule has 0 saturated heterocycles. The van der Waals surface area contributed by atoms with Crippen LogP contribution in [-0.2, 0) is 32.2 Å². The van der Waals surface area contributed by atoms with Crippen molar-refractivity contribution in [2.45, 2.75) is 63.3 Å². The van der Waals surface area contributed by atoms with E-state index >= 15 is 0 Å². The van der Waals surface area contributed by atoms with Gasteiger partial charge in [-0.15, -0.1) is 0 Å². The number of anilines is 2. The number of sulfonamides is 1. The summed E-state index contributed by atoms with van der Waals surface area (Å²) in [7, 11) is -4.33. The number of rotatable bonds is 11. The number of aliphatic hydroxyl groups excluding tert-OH is 1. The van der Waals surface area contributed by atoms with Crippen molar-refractivity contribution in [3.8, 4) is 0 Å². The summed E-state index contributed by atoms with van der Waals surface area (Å²) in [5.41, 5.74) is -0.429. The second kappa shape index (κ2) is 12.7. The predicted octanol–water partition coefficient (Wildman–Crippen LogP) is 6.86. The zero-order valence-electron chi connectivity index (χ0n) is 24.1. The summed E-state index contributed by atoms with van der Waals surface area (Å²) in [6, 6.07) is 17.3. The molecule has 2 aromatic carbocycles. The number of carbonyl (C=O) groups is 1. The fourth-order valence-electron chi connectivity index (χ4n) is 5.02. The summed E-state index contributed by atoms with van der Waals surface area (Å²) in [5.74, 6) is -0.884. The molecule has 1 atom stereocenters. The van der Waals surface area contributed by atoms with Crippen LogP contribution in [0.3, 0.4) is 0 Å². The first-order valence-corrected chi connectivity index (χ1v) is 15.4. The molecule has 230 valence electrons. The van der Waals surface area contributed by atoms with Crippen LogP contribution in [0.25, 0.3) is 0 Å². The number of benzene rings is 2. The van der Waals surface area contributed by atoms with Gasteiger partial charge in [0.05, 0.1) is 11.3 Å². The number of cyclic esters (lactones) is 1. The smallest absolute Gasteiger partial charge is 0.417 e. The average molecular weight is 618 g/mol. The third-order valence-corrected chi connectivity index (χ3v) is 8.72. The Kier molecular flexibility index (Phi) is 9.38. The van der Waals surface area contributed by atoms with Gasteiger partial charge in [0.2, 0.25) is 0 Å². The lowest BCUT2D eigenvalue weighted by molar-refractivity contribution is -0.166. The number of alkyl halides is 3. The second-order valence-corrected chi connectivity index (χ2v) is 12.4. The van der Waals surface area contributed by atoms with Gasteiger partial charge in [-0.1, -0.05) is 57.2 Å². The molecule has 1 aromatic heterocycles. The summed E-state index contributed by atoms with van der Waals surface area (Å²) in [4.78, 5) is 18.6. The molecule has 0 bridgehead atoms. The first-order chi connectivity index (χ1) is 20.3. The van der Waals surface area contributed by atoms with E-state index < -0.39 is 38.4 Å². The molecule has 0 aliphatic carbocycles. The molecule has 0 amide bonds. The van der Waals surface area contributed by atoms with E-state index in [1.165, 1.54) is 12.1 Å². The van der Waals surface area contributed by atoms with Crippen molar-refractivity contribution in [2.24, 2.45) is 5.92 Å². The first-order valence-electron chi connectivity index (χ1n) is 13.9. The number of hydrogen-bond donors (Lipinski definition) is 2. The highest BCUT2D eigenvalue weighted by Crippen LogP contribution is 2.40. The lowest BCUT2D eigenvalue weighted by Gasteiger charge is -2.42. The van der Waals surface area contributed by atoms with Crippen LogP contribution >= 0.6 is 0 Å². The largest absolute Gasteiger partial charge is 0.510 e. The van der Waals surface area contributed by atoms with E-state index in [4.69, 9.17) is 4.74 Å². The van der Waals surface area contributed by atoms with Crippen LogP contribution in [-0.4, -0.2) is 36.6 Å². The van der Waals surface area contributed by atoms with Crippen LogP contribution < -0.4 is 9.62 Å². The van der Waals surface area contributed by atoms with Gasteiger partial charge in [0.1, 0.15) is 11.4 Å². The maximum atomic E-state index is 13.5. The third-order valence-electron chi connectivity index (χ3n) is 7.43. The van der Waals surface area contributed by atoms with Crippen molar-refractivity contribution in [2.75, 3.05) is 16.2 Å². The Morgan fingerprint density at radius 2 is 1.81 bits per heavy atom. The van der Waals surface area contributed by atoms with Crippen LogP contribution in [0.15, 0.2) is 89.4 Å². The molecule has 2 N–H and O–H groups in total. The van der Waals surface area contributed by atoms with Crippen LogP contribution in [0.5, 0.6) is 0 Å². The van der Waals surface area contributed by atoms with Gasteiger partial charge in [0, 0.05) is 24.8 Å². The van der Waals surface area contributed by atoms with Gasteiger partial charge in [-0.2, -0.15) is 21.6 Å². The predicted molar refractivity (Wildman–Crippen MR) is 157 cm³/mol. The van der Waals surface area contributed by atoms with Gasteiger partial charge < -0.3 is 14.7 Å². The summed E-state index contributed by atoms with van der Waals surface area (Å²) in [6.45, 7) is 6.09. The highest BCUT2D eigenvalue weighted by Gasteiger charge is 2.45. The summed E-state index contributed by atoms with van der Waals surface area (Å²) >= 11 is 0. The number of pyridine rings is 1. The number of carbonyl (C=O) groups excluding carboxylic acids is 1. The van der Waals surface area contributed by atoms with Gasteiger partial charge in [-0.25, -0.2) is 9.78 Å². The first kappa shape index (κ1) is 31.9. The van der Waals surface area contributed by atoms with Crippen LogP contribution in [0.1, 0.15) is 51.2 Å². The van der Waals surface area contributed by atoms with Crippen LogP contribution in [0.4, 0.5) is 24.5 Å². The van der Waals surface area contributed by atoms with Gasteiger partial charge in [0.25, 0.3) is 10.0 Å². The molecule has 1 aliphatic heterocycles. The number of esters is 1. The van der Waals surface area contributed by atoms with Gasteiger partial charge in [0.15, 0.2) is 10.7 Å². The van der Waals surface area contributed by atoms with E-state index in [-0.39, 0.29) is 29.5 Å². The van der Waals surface area contributed by atoms with Gasteiger partial charge >= 0.3 is 12.1 Å². The minimum absolute atomic E-state index is 0.0257. The Balaban J connectivity index is 1.60. The van der Waals surface area contributed by atoms with Crippen molar-refractivity contribution in [1.82, 2.24) is 4.98 Å². The molecule has 8 nitrogen and oxygen atoms in total. The lowest BCUT2D eigenvalue weighted by Crippen LogP contribution is -2.47. The van der Waals surface area contributed by atoms with Crippen molar-refractivity contribution >= 4 is 27.4 Å². The topological polar surface area (TPSA) is 109 Å². The maximum Gasteiger partial charge on any atom is 0.417 e. The normalized spacial score (nSPS) is 17.6. The highest BCUT2D eigenvalue weighted by atomic mass is 32.2. The number of halogens is 3. The van der Waals surface area contributed by atoms with Crippen LogP contribution in [0, 0.1) is 5.92 Å². The van der Waals surface area contributed by atoms with E-state index in [0.29, 0.717) is 43.8 Å². The molecular weight excluding hydrogens is 583 g/mol. The molecular formula is C31H34F3N3O5S. The summed E-state index contributed by atoms with van der Waals surface area (Å²) < 4.78 is 72.8. The van der Waals surface area contributed by atoms with E-state index in [1.54, 1.807) is 17.0 Å².